The van der Waals surface area contributed by atoms with Gasteiger partial charge >= 0.3 is 5.97 Å². The summed E-state index contributed by atoms with van der Waals surface area (Å²) in [6, 6.07) is 10.4. The molecule has 172 valence electrons. The predicted octanol–water partition coefficient (Wildman–Crippen LogP) is 1.54. The minimum Gasteiger partial charge on any atom is -0.508 e. The first-order valence-electron chi connectivity index (χ1n) is 9.54. The maximum Gasteiger partial charge on any atom is 0.322 e. The van der Waals surface area contributed by atoms with E-state index in [1.165, 1.54) is 48.6 Å². The first kappa shape index (κ1) is 23.6. The van der Waals surface area contributed by atoms with E-state index in [9.17, 15) is 24.6 Å². The fraction of sp³-hybridized carbons (Fsp3) is 0.190. The van der Waals surface area contributed by atoms with Gasteiger partial charge < -0.3 is 25.4 Å². The van der Waals surface area contributed by atoms with Crippen molar-refractivity contribution in [2.45, 2.75) is 11.7 Å². The fourth-order valence-corrected chi connectivity index (χ4v) is 3.93. The van der Waals surface area contributed by atoms with Crippen LogP contribution >= 0.6 is 11.8 Å². The maximum atomic E-state index is 13.0. The van der Waals surface area contributed by atoms with Crippen molar-refractivity contribution in [1.82, 2.24) is 5.32 Å². The zero-order valence-corrected chi connectivity index (χ0v) is 18.2. The number of methoxy groups -OCH3 is 1. The molecule has 1 saturated heterocycles. The van der Waals surface area contributed by atoms with Crippen LogP contribution < -0.4 is 15.0 Å². The average molecular weight is 472 g/mol. The number of ether oxygens (including phenoxy) is 1. The highest BCUT2D eigenvalue weighted by atomic mass is 32.2. The van der Waals surface area contributed by atoms with Crippen molar-refractivity contribution in [3.63, 3.8) is 0 Å². The second-order valence-corrected chi connectivity index (χ2v) is 7.90. The second-order valence-electron chi connectivity index (χ2n) is 6.73. The number of hydrogen-bond donors (Lipinski definition) is 4. The number of amidine groups is 1. The number of carbonyl (C=O) groups is 3. The predicted molar refractivity (Wildman–Crippen MR) is 122 cm³/mol. The molecule has 1 aliphatic rings. The summed E-state index contributed by atoms with van der Waals surface area (Å²) in [5.41, 5.74) is 1.00. The summed E-state index contributed by atoms with van der Waals surface area (Å²) in [4.78, 5) is 37.0. The third kappa shape index (κ3) is 6.01. The van der Waals surface area contributed by atoms with Crippen LogP contribution in [0.25, 0.3) is 0 Å². The normalized spacial score (nSPS) is 17.0. The molecule has 33 heavy (non-hydrogen) atoms. The number of aliphatic carboxylic acids is 1. The van der Waals surface area contributed by atoms with Gasteiger partial charge in [-0.2, -0.15) is 5.10 Å². The number of hydrogen-bond acceptors (Lipinski definition) is 9. The molecule has 0 aromatic heterocycles. The summed E-state index contributed by atoms with van der Waals surface area (Å²) in [5.74, 6) is -1.97. The fourth-order valence-electron chi connectivity index (χ4n) is 2.84. The lowest BCUT2D eigenvalue weighted by Crippen LogP contribution is -2.36. The van der Waals surface area contributed by atoms with Gasteiger partial charge in [0.05, 0.1) is 19.0 Å². The zero-order valence-electron chi connectivity index (χ0n) is 17.3. The van der Waals surface area contributed by atoms with Crippen molar-refractivity contribution in [3.8, 4) is 17.2 Å². The number of amides is 2. The largest absolute Gasteiger partial charge is 0.508 e. The second kappa shape index (κ2) is 10.5. The molecule has 0 spiro atoms. The molecule has 2 amide bonds. The summed E-state index contributed by atoms with van der Waals surface area (Å²) < 4.78 is 5.05. The Hall–Kier alpha value is -4.06. The number of nitrogens with zero attached hydrogens (tertiary/aromatic N) is 3. The van der Waals surface area contributed by atoms with Crippen LogP contribution in [0.1, 0.15) is 12.0 Å². The molecule has 1 heterocycles. The average Bonchev–Trinajstić information content (AvgIpc) is 3.09. The number of carbonyl (C=O) groups excluding carboxylic acids is 2. The van der Waals surface area contributed by atoms with E-state index in [2.05, 4.69) is 15.5 Å². The molecule has 11 nitrogen and oxygen atoms in total. The Kier molecular flexibility index (Phi) is 7.51. The molecule has 12 heteroatoms. The molecule has 0 saturated carbocycles. The molecule has 4 N–H and O–H groups in total. The minimum absolute atomic E-state index is 0.0143. The Morgan fingerprint density at radius 3 is 2.61 bits per heavy atom. The highest BCUT2D eigenvalue weighted by Gasteiger charge is 2.40. The van der Waals surface area contributed by atoms with Crippen LogP contribution in [-0.4, -0.2) is 63.4 Å². The van der Waals surface area contributed by atoms with Crippen molar-refractivity contribution in [2.75, 3.05) is 18.6 Å². The van der Waals surface area contributed by atoms with Crippen molar-refractivity contribution >= 4 is 46.6 Å². The van der Waals surface area contributed by atoms with Crippen molar-refractivity contribution in [2.24, 2.45) is 10.2 Å². The van der Waals surface area contributed by atoms with E-state index in [1.807, 2.05) is 0 Å². The van der Waals surface area contributed by atoms with Crippen LogP contribution in [0, 0.1) is 0 Å². The van der Waals surface area contributed by atoms with E-state index in [0.29, 0.717) is 11.3 Å². The molecule has 0 bridgehead atoms. The smallest absolute Gasteiger partial charge is 0.322 e. The Morgan fingerprint density at radius 1 is 1.21 bits per heavy atom. The number of carboxylic acid groups (broad SMARTS) is 1. The van der Waals surface area contributed by atoms with Crippen LogP contribution in [0.4, 0.5) is 5.69 Å². The molecule has 1 aliphatic heterocycles. The Balaban J connectivity index is 1.84. The van der Waals surface area contributed by atoms with Gasteiger partial charge in [-0.05, 0) is 48.0 Å². The molecular formula is C21H20N4O7S. The van der Waals surface area contributed by atoms with E-state index in [1.54, 1.807) is 12.1 Å². The molecule has 1 unspecified atom stereocenters. The minimum atomic E-state index is -1.19. The van der Waals surface area contributed by atoms with E-state index >= 15 is 0 Å². The van der Waals surface area contributed by atoms with E-state index in [-0.39, 0.29) is 28.8 Å². The number of rotatable bonds is 8. The highest BCUT2D eigenvalue weighted by Crippen LogP contribution is 2.34. The highest BCUT2D eigenvalue weighted by molar-refractivity contribution is 8.16. The quantitative estimate of drug-likeness (QED) is 0.332. The SMILES string of the molecule is COc1cc(/C=N/N=C2SC(CC(=O)NCC(=O)O)C(=O)N2c2ccc(O)cc2)ccc1O. The van der Waals surface area contributed by atoms with Crippen LogP contribution in [0.3, 0.4) is 0 Å². The van der Waals surface area contributed by atoms with Gasteiger partial charge in [0, 0.05) is 6.42 Å². The van der Waals surface area contributed by atoms with Gasteiger partial charge in [0.25, 0.3) is 0 Å². The van der Waals surface area contributed by atoms with Crippen molar-refractivity contribution in [1.29, 1.82) is 0 Å². The van der Waals surface area contributed by atoms with Gasteiger partial charge in [0.2, 0.25) is 11.8 Å². The van der Waals surface area contributed by atoms with Gasteiger partial charge in [0.15, 0.2) is 16.7 Å². The van der Waals surface area contributed by atoms with Crippen molar-refractivity contribution in [3.05, 3.63) is 48.0 Å². The molecule has 2 aromatic carbocycles. The molecule has 1 atom stereocenters. The monoisotopic (exact) mass is 472 g/mol. The van der Waals surface area contributed by atoms with Gasteiger partial charge in [-0.15, -0.1) is 5.10 Å². The summed E-state index contributed by atoms with van der Waals surface area (Å²) in [6.45, 7) is -0.548. The summed E-state index contributed by atoms with van der Waals surface area (Å²) in [7, 11) is 1.42. The summed E-state index contributed by atoms with van der Waals surface area (Å²) in [6.07, 6.45) is 1.16. The Bertz CT molecular complexity index is 1120. The standard InChI is InChI=1S/C21H20N4O7S/c1-32-16-8-12(2-7-15(16)27)10-23-24-21-25(13-3-5-14(26)6-4-13)20(31)17(33-21)9-18(28)22-11-19(29)30/h2-8,10,17,26-27H,9,11H2,1H3,(H,22,28)(H,29,30)/b23-10+,24-21?. The number of carboxylic acids is 1. The zero-order chi connectivity index (χ0) is 24.0. The van der Waals surface area contributed by atoms with E-state index in [0.717, 1.165) is 11.8 Å². The Morgan fingerprint density at radius 2 is 1.94 bits per heavy atom. The number of nitrogens with one attached hydrogen (secondary N) is 1. The van der Waals surface area contributed by atoms with Crippen LogP contribution in [0.2, 0.25) is 0 Å². The lowest BCUT2D eigenvalue weighted by molar-refractivity contribution is -0.137. The number of aromatic hydroxyl groups is 2. The topological polar surface area (TPSA) is 161 Å². The summed E-state index contributed by atoms with van der Waals surface area (Å²) in [5, 5.41) is 37.7. The van der Waals surface area contributed by atoms with Crippen LogP contribution in [0.5, 0.6) is 17.2 Å². The van der Waals surface area contributed by atoms with Gasteiger partial charge in [-0.25, -0.2) is 0 Å². The van der Waals surface area contributed by atoms with Crippen LogP contribution in [0.15, 0.2) is 52.7 Å². The lowest BCUT2D eigenvalue weighted by Gasteiger charge is -2.15. The lowest BCUT2D eigenvalue weighted by atomic mass is 10.2. The van der Waals surface area contributed by atoms with Crippen molar-refractivity contribution < 1.29 is 34.4 Å². The van der Waals surface area contributed by atoms with Gasteiger partial charge in [0.1, 0.15) is 17.5 Å². The third-order valence-electron chi connectivity index (χ3n) is 4.40. The maximum absolute atomic E-state index is 13.0. The van der Waals surface area contributed by atoms with Crippen LogP contribution in [-0.2, 0) is 14.4 Å². The number of benzene rings is 2. The Labute approximate surface area is 192 Å². The molecule has 0 radical (unpaired) electrons. The number of thioether (sulfide) groups is 1. The number of phenols is 2. The third-order valence-corrected chi connectivity index (χ3v) is 5.53. The summed E-state index contributed by atoms with van der Waals surface area (Å²) >= 11 is 1.01. The molecular weight excluding hydrogens is 452 g/mol. The first-order valence-corrected chi connectivity index (χ1v) is 10.4. The molecule has 2 aromatic rings. The van der Waals surface area contributed by atoms with E-state index in [4.69, 9.17) is 9.84 Å². The number of phenolic OH excluding ortho intramolecular Hbond substituents is 2. The molecule has 0 aliphatic carbocycles. The number of anilines is 1. The molecule has 1 fully saturated rings. The van der Waals surface area contributed by atoms with Gasteiger partial charge in [-0.1, -0.05) is 11.8 Å². The molecule has 3 rings (SSSR count). The first-order chi connectivity index (χ1) is 15.8. The van der Waals surface area contributed by atoms with Gasteiger partial charge in [-0.3, -0.25) is 19.3 Å². The van der Waals surface area contributed by atoms with E-state index < -0.39 is 29.6 Å².